The van der Waals surface area contributed by atoms with E-state index in [1.165, 1.54) is 6.92 Å². The van der Waals surface area contributed by atoms with Crippen LogP contribution in [0.25, 0.3) is 0 Å². The number of cyclic esters (lactones) is 1. The lowest BCUT2D eigenvalue weighted by molar-refractivity contribution is -0.132. The molecule has 0 aromatic heterocycles. The van der Waals surface area contributed by atoms with Crippen LogP contribution in [0.4, 0.5) is 10.5 Å². The van der Waals surface area contributed by atoms with Gasteiger partial charge in [-0.1, -0.05) is 12.1 Å². The van der Waals surface area contributed by atoms with Crippen molar-refractivity contribution in [3.05, 3.63) is 29.8 Å². The molecule has 1 N–H and O–H groups in total. The van der Waals surface area contributed by atoms with E-state index >= 15 is 0 Å². The van der Waals surface area contributed by atoms with Gasteiger partial charge in [0, 0.05) is 39.2 Å². The zero-order valence-corrected chi connectivity index (χ0v) is 14.5. The Morgan fingerprint density at radius 3 is 2.64 bits per heavy atom. The van der Waals surface area contributed by atoms with Crippen LogP contribution in [0.1, 0.15) is 31.2 Å². The molecule has 3 amide bonds. The first-order valence-corrected chi connectivity index (χ1v) is 8.50. The number of ether oxygens (including phenoxy) is 1. The molecule has 0 aliphatic carbocycles. The number of amides is 3. The molecule has 7 nitrogen and oxygen atoms in total. The minimum absolute atomic E-state index is 0.137. The zero-order chi connectivity index (χ0) is 18.0. The van der Waals surface area contributed by atoms with Crippen LogP contribution in [0.2, 0.25) is 0 Å². The molecule has 1 aromatic rings. The maximum atomic E-state index is 12.0. The van der Waals surface area contributed by atoms with Crippen molar-refractivity contribution in [3.63, 3.8) is 0 Å². The summed E-state index contributed by atoms with van der Waals surface area (Å²) in [6, 6.07) is 7.49. The van der Waals surface area contributed by atoms with Crippen molar-refractivity contribution < 1.29 is 19.1 Å². The van der Waals surface area contributed by atoms with Gasteiger partial charge in [-0.05, 0) is 30.0 Å². The molecule has 0 saturated carbocycles. The highest BCUT2D eigenvalue weighted by Crippen LogP contribution is 2.31. The molecule has 2 heterocycles. The topological polar surface area (TPSA) is 79.0 Å². The standard InChI is InChI=1S/C18H23N3O4/c1-12(22)19-10-16-11-25-18(24)21(16)15-5-3-13(4-6-15)14-7-8-20(2)17(23)9-14/h3-6,14,16H,7-11H2,1-2H3,(H,19,22). The third kappa shape index (κ3) is 3.75. The molecule has 0 radical (unpaired) electrons. The van der Waals surface area contributed by atoms with Gasteiger partial charge >= 0.3 is 6.09 Å². The third-order valence-electron chi connectivity index (χ3n) is 4.85. The zero-order valence-electron chi connectivity index (χ0n) is 14.5. The van der Waals surface area contributed by atoms with Gasteiger partial charge in [-0.2, -0.15) is 0 Å². The van der Waals surface area contributed by atoms with Crippen LogP contribution in [0.3, 0.4) is 0 Å². The summed E-state index contributed by atoms with van der Waals surface area (Å²) in [5.74, 6) is 0.249. The van der Waals surface area contributed by atoms with Crippen molar-refractivity contribution >= 4 is 23.6 Å². The molecule has 0 bridgehead atoms. The van der Waals surface area contributed by atoms with E-state index in [0.717, 1.165) is 24.2 Å². The Kier molecular flexibility index (Phi) is 4.92. The van der Waals surface area contributed by atoms with Gasteiger partial charge in [-0.15, -0.1) is 0 Å². The maximum Gasteiger partial charge on any atom is 0.414 e. The van der Waals surface area contributed by atoms with Crippen LogP contribution < -0.4 is 10.2 Å². The van der Waals surface area contributed by atoms with Gasteiger partial charge in [0.25, 0.3) is 0 Å². The minimum Gasteiger partial charge on any atom is -0.447 e. The summed E-state index contributed by atoms with van der Waals surface area (Å²) >= 11 is 0. The number of likely N-dealkylation sites (tertiary alicyclic amines) is 1. The number of benzene rings is 1. The Labute approximate surface area is 146 Å². The van der Waals surface area contributed by atoms with Crippen molar-refractivity contribution in [3.8, 4) is 0 Å². The molecular formula is C18H23N3O4. The van der Waals surface area contributed by atoms with Crippen LogP contribution >= 0.6 is 0 Å². The van der Waals surface area contributed by atoms with E-state index in [1.807, 2.05) is 31.3 Å². The fourth-order valence-corrected chi connectivity index (χ4v) is 3.32. The van der Waals surface area contributed by atoms with Crippen LogP contribution in [0, 0.1) is 0 Å². The third-order valence-corrected chi connectivity index (χ3v) is 4.85. The van der Waals surface area contributed by atoms with Gasteiger partial charge in [-0.3, -0.25) is 14.5 Å². The van der Waals surface area contributed by atoms with Gasteiger partial charge in [0.15, 0.2) is 0 Å². The number of piperidine rings is 1. The first kappa shape index (κ1) is 17.3. The first-order chi connectivity index (χ1) is 12.0. The number of carbonyl (C=O) groups excluding carboxylic acids is 3. The summed E-state index contributed by atoms with van der Waals surface area (Å²) in [5.41, 5.74) is 1.84. The molecule has 2 fully saturated rings. The fraction of sp³-hybridized carbons (Fsp3) is 0.500. The number of carbonyl (C=O) groups is 3. The summed E-state index contributed by atoms with van der Waals surface area (Å²) in [7, 11) is 1.83. The van der Waals surface area contributed by atoms with E-state index in [0.29, 0.717) is 13.0 Å². The van der Waals surface area contributed by atoms with Crippen molar-refractivity contribution in [1.82, 2.24) is 10.2 Å². The second-order valence-corrected chi connectivity index (χ2v) is 6.63. The number of anilines is 1. The molecule has 2 unspecified atom stereocenters. The number of hydrogen-bond donors (Lipinski definition) is 1. The molecule has 1 aromatic carbocycles. The van der Waals surface area contributed by atoms with E-state index in [2.05, 4.69) is 5.32 Å². The van der Waals surface area contributed by atoms with E-state index in [9.17, 15) is 14.4 Å². The number of nitrogens with one attached hydrogen (secondary N) is 1. The van der Waals surface area contributed by atoms with Crippen LogP contribution in [-0.2, 0) is 14.3 Å². The molecule has 134 valence electrons. The lowest BCUT2D eigenvalue weighted by Gasteiger charge is -2.29. The van der Waals surface area contributed by atoms with Crippen molar-refractivity contribution in [2.75, 3.05) is 31.6 Å². The Balaban J connectivity index is 1.71. The summed E-state index contributed by atoms with van der Waals surface area (Å²) in [6.45, 7) is 2.82. The summed E-state index contributed by atoms with van der Waals surface area (Å²) < 4.78 is 5.12. The summed E-state index contributed by atoms with van der Waals surface area (Å²) in [4.78, 5) is 38.4. The molecule has 0 spiro atoms. The highest BCUT2D eigenvalue weighted by molar-refractivity contribution is 5.90. The molecule has 3 rings (SSSR count). The monoisotopic (exact) mass is 345 g/mol. The lowest BCUT2D eigenvalue weighted by atomic mass is 9.89. The predicted octanol–water partition coefficient (Wildman–Crippen LogP) is 1.48. The van der Waals surface area contributed by atoms with Crippen molar-refractivity contribution in [1.29, 1.82) is 0 Å². The minimum atomic E-state index is -0.405. The SMILES string of the molecule is CC(=O)NCC1COC(=O)N1c1ccc(C2CCN(C)C(=O)C2)cc1. The molecule has 2 aliphatic rings. The van der Waals surface area contributed by atoms with E-state index in [1.54, 1.807) is 9.80 Å². The number of nitrogens with zero attached hydrogens (tertiary/aromatic N) is 2. The summed E-state index contributed by atoms with van der Waals surface area (Å²) in [5, 5.41) is 2.72. The lowest BCUT2D eigenvalue weighted by Crippen LogP contribution is -2.42. The second-order valence-electron chi connectivity index (χ2n) is 6.63. The Morgan fingerprint density at radius 2 is 2.00 bits per heavy atom. The molecule has 2 atom stereocenters. The highest BCUT2D eigenvalue weighted by Gasteiger charge is 2.34. The van der Waals surface area contributed by atoms with E-state index < -0.39 is 6.09 Å². The Morgan fingerprint density at radius 1 is 1.28 bits per heavy atom. The van der Waals surface area contributed by atoms with Gasteiger partial charge in [0.2, 0.25) is 11.8 Å². The highest BCUT2D eigenvalue weighted by atomic mass is 16.6. The Hall–Kier alpha value is -2.57. The largest absolute Gasteiger partial charge is 0.447 e. The van der Waals surface area contributed by atoms with Crippen LogP contribution in [0.15, 0.2) is 24.3 Å². The number of rotatable bonds is 4. The van der Waals surface area contributed by atoms with Gasteiger partial charge < -0.3 is 15.0 Å². The average Bonchev–Trinajstić information content (AvgIpc) is 2.96. The molecule has 2 saturated heterocycles. The van der Waals surface area contributed by atoms with Crippen LogP contribution in [-0.4, -0.2) is 55.6 Å². The average molecular weight is 345 g/mol. The fourth-order valence-electron chi connectivity index (χ4n) is 3.32. The quantitative estimate of drug-likeness (QED) is 0.897. The van der Waals surface area contributed by atoms with E-state index in [4.69, 9.17) is 4.74 Å². The van der Waals surface area contributed by atoms with Gasteiger partial charge in [-0.25, -0.2) is 4.79 Å². The summed E-state index contributed by atoms with van der Waals surface area (Å²) in [6.07, 6.45) is 1.06. The Bertz CT molecular complexity index is 673. The molecule has 25 heavy (non-hydrogen) atoms. The molecule has 2 aliphatic heterocycles. The molecular weight excluding hydrogens is 322 g/mol. The molecule has 7 heteroatoms. The van der Waals surface area contributed by atoms with Gasteiger partial charge in [0.1, 0.15) is 6.61 Å². The predicted molar refractivity (Wildman–Crippen MR) is 92.4 cm³/mol. The van der Waals surface area contributed by atoms with Crippen molar-refractivity contribution in [2.24, 2.45) is 0 Å². The van der Waals surface area contributed by atoms with Gasteiger partial charge in [0.05, 0.1) is 6.04 Å². The second kappa shape index (κ2) is 7.13. The van der Waals surface area contributed by atoms with Crippen LogP contribution in [0.5, 0.6) is 0 Å². The van der Waals surface area contributed by atoms with Crippen molar-refractivity contribution in [2.45, 2.75) is 31.7 Å². The number of hydrogen-bond acceptors (Lipinski definition) is 4. The maximum absolute atomic E-state index is 12.0. The van der Waals surface area contributed by atoms with E-state index in [-0.39, 0.29) is 30.4 Å². The smallest absolute Gasteiger partial charge is 0.414 e. The first-order valence-electron chi connectivity index (χ1n) is 8.50. The normalized spacial score (nSPS) is 23.6.